The second-order valence-electron chi connectivity index (χ2n) is 31.7. The van der Waals surface area contributed by atoms with Gasteiger partial charge in [-0.05, 0) is 72.8 Å². The predicted octanol–water partition coefficient (Wildman–Crippen LogP) is 4.60. The molecule has 6 aliphatic rings. The summed E-state index contributed by atoms with van der Waals surface area (Å²) >= 11 is 0. The van der Waals surface area contributed by atoms with Gasteiger partial charge in [0.2, 0.25) is 93.8 Å². The molecule has 10 atom stereocenters. The van der Waals surface area contributed by atoms with Crippen molar-refractivity contribution in [3.63, 3.8) is 0 Å². The highest BCUT2D eigenvalue weighted by atomic mass is 16.8. The van der Waals surface area contributed by atoms with E-state index in [1.807, 2.05) is 0 Å². The maximum Gasteiger partial charge on any atom is 0.343 e. The minimum atomic E-state index is -3.20. The van der Waals surface area contributed by atoms with E-state index >= 15 is 33.6 Å². The Kier molecular flexibility index (Phi) is 23.0. The molecule has 10 unspecified atom stereocenters. The van der Waals surface area contributed by atoms with Gasteiger partial charge in [-0.2, -0.15) is 0 Å². The number of phenolic OH excluding ortho intramolecular Hbond substituents is 31. The van der Waals surface area contributed by atoms with Crippen LogP contribution in [0.2, 0.25) is 0 Å². The van der Waals surface area contributed by atoms with Crippen LogP contribution in [0.15, 0.2) is 72.8 Å². The van der Waals surface area contributed by atoms with Crippen molar-refractivity contribution >= 4 is 65.7 Å². The predicted molar refractivity (Wildman–Crippen MR) is 449 cm³/mol. The maximum absolute atomic E-state index is 16.2. The maximum atomic E-state index is 16.2. The van der Waals surface area contributed by atoms with E-state index < -0.39 is 447 Å². The van der Waals surface area contributed by atoms with E-state index in [0.29, 0.717) is 24.3 Å². The van der Waals surface area contributed by atoms with Crippen LogP contribution in [-0.2, 0) is 56.8 Å². The van der Waals surface area contributed by atoms with Crippen LogP contribution in [0.3, 0.4) is 0 Å². The normalized spacial score (nSPS) is 19.4. The highest BCUT2D eigenvalue weighted by Gasteiger charge is 2.60. The minimum absolute atomic E-state index is 0.117. The first-order valence-corrected chi connectivity index (χ1v) is 40.3. The molecular weight excluding hydrogens is 1980 g/mol. The summed E-state index contributed by atoms with van der Waals surface area (Å²) in [6, 6.07) is 3.00. The second-order valence-corrected chi connectivity index (χ2v) is 31.7. The Morgan fingerprint density at radius 2 is 0.459 bits per heavy atom. The molecule has 17 rings (SSSR count). The third-order valence-electron chi connectivity index (χ3n) is 23.2. The van der Waals surface area contributed by atoms with Crippen LogP contribution >= 0.6 is 0 Å². The Morgan fingerprint density at radius 1 is 0.226 bits per heavy atom. The first-order valence-electron chi connectivity index (χ1n) is 40.3. The van der Waals surface area contributed by atoms with Crippen molar-refractivity contribution in [3.8, 4) is 246 Å². The van der Waals surface area contributed by atoms with Crippen molar-refractivity contribution in [2.45, 2.75) is 61.4 Å². The summed E-state index contributed by atoms with van der Waals surface area (Å²) in [4.78, 5) is 165. The quantitative estimate of drug-likeness (QED) is 0.0533. The monoisotopic (exact) mass is 2040 g/mol. The summed E-state index contributed by atoms with van der Waals surface area (Å²) in [5.74, 6) is -82.1. The number of carbonyl (C=O) groups is 11. The van der Waals surface area contributed by atoms with E-state index in [4.69, 9.17) is 66.3 Å². The van der Waals surface area contributed by atoms with E-state index in [9.17, 15) is 183 Å². The van der Waals surface area contributed by atoms with Gasteiger partial charge in [0.05, 0.1) is 61.2 Å². The van der Waals surface area contributed by atoms with Crippen LogP contribution in [0.1, 0.15) is 114 Å². The SMILES string of the molecule is O=C(O)c1cc(O)c(O)c(Oc2c(O)c(O)c(O)c3c2C(=O)OC2C(COC(=O)c4cc(O)c(O)c(O)c4-3)OC(OC(=O)c3cc(O)c(O)c(Oc4c(O)c(O)c(O)c5c4C(=O)OC4C(COC(=O)c6cc(O)c(O)c(O)c6-5)OC(OC(=O)c5cc(O)c(O)c(O)c5)C5OC(=O)c6cc(O)c(O)c(O)c6-c6c(cc(O)c(O)c6O)C(=O)OC45)c3)C3OC(=O)c4cc(O)c(O)c(O)c4-c4c(cc(O)c(O)c4O)C(=O)OC23)c1. The van der Waals surface area contributed by atoms with Gasteiger partial charge in [-0.15, -0.1) is 0 Å². The van der Waals surface area contributed by atoms with Crippen LogP contribution in [0.5, 0.6) is 201 Å². The number of aromatic carboxylic acids is 1. The number of aromatic hydroxyl groups is 31. The summed E-state index contributed by atoms with van der Waals surface area (Å²) in [5.41, 5.74) is -27.6. The number of carboxylic acids is 1. The molecule has 11 aromatic rings. The molecular formula is C89H58O57. The Labute approximate surface area is 799 Å². The Balaban J connectivity index is 0.827. The molecule has 11 aromatic carbocycles. The fraction of sp³-hybridized carbons (Fsp3) is 0.135. The van der Waals surface area contributed by atoms with Gasteiger partial charge in [-0.3, -0.25) is 0 Å². The molecule has 756 valence electrons. The standard InChI is InChI=1S/C89H58O57/c90-24-2-16(3-25(91)48(24)100)78(123)145-88-75-73(141-82(127)20-9-30(96)51(103)57(109)38(20)40-22(84(129)143-75)11-32(98)53(105)59(40)111)69-36(137-88)13-133-81(126)19-8-29(95)56(108)62(114)43(19)45-47(87(132)140-69)72(68(120)66(118)64(45)116)136-35-6-17(4-27(93)50(35)102)79(124)146-89-76-74(142-83(128)21-10-31(97)52(104)58(110)39(21)41-23(85(130)144-76)12-33(99)54(106)60(41)112)70-37(138-89)14-134-80(125)18-7-28(94)55(107)61(113)42(18)44-46(86(131)139-70)71(67(119)65(117)63(44)115)135-34-5-15(77(121)122)1-26(92)49(34)101/h1-12,36-37,69-70,73-76,88-120H,13-14H2,(H,121,122). The number of hydrogen-bond acceptors (Lipinski definition) is 56. The lowest BCUT2D eigenvalue weighted by Gasteiger charge is -2.44. The van der Waals surface area contributed by atoms with Gasteiger partial charge in [0.15, 0.2) is 157 Å². The lowest BCUT2D eigenvalue weighted by molar-refractivity contribution is -0.283. The highest BCUT2D eigenvalue weighted by Crippen LogP contribution is 2.64. The van der Waals surface area contributed by atoms with Crippen LogP contribution in [0.25, 0.3) is 44.5 Å². The largest absolute Gasteiger partial charge is 0.504 e. The third kappa shape index (κ3) is 15.4. The average molecular weight is 2040 g/mol. The summed E-state index contributed by atoms with van der Waals surface area (Å²) in [5, 5.41) is 360. The van der Waals surface area contributed by atoms with Crippen LogP contribution in [0, 0.1) is 0 Å². The van der Waals surface area contributed by atoms with E-state index in [2.05, 4.69) is 0 Å². The van der Waals surface area contributed by atoms with Crippen molar-refractivity contribution in [3.05, 3.63) is 134 Å². The number of fused-ring (bicyclic) bond motifs is 18. The average Bonchev–Trinajstić information content (AvgIpc) is 1.18. The van der Waals surface area contributed by atoms with Gasteiger partial charge in [-0.25, -0.2) is 52.7 Å². The smallest absolute Gasteiger partial charge is 0.343 e. The zero-order chi connectivity index (χ0) is 106. The summed E-state index contributed by atoms with van der Waals surface area (Å²) in [6.45, 7) is -3.39. The summed E-state index contributed by atoms with van der Waals surface area (Å²) in [7, 11) is 0. The number of carbonyl (C=O) groups excluding carboxylic acids is 10. The van der Waals surface area contributed by atoms with Gasteiger partial charge >= 0.3 is 65.7 Å². The van der Waals surface area contributed by atoms with Crippen molar-refractivity contribution < 1.29 is 282 Å². The number of hydrogen-bond donors (Lipinski definition) is 32. The Morgan fingerprint density at radius 3 is 0.753 bits per heavy atom. The zero-order valence-corrected chi connectivity index (χ0v) is 71.1. The summed E-state index contributed by atoms with van der Waals surface area (Å²) in [6.07, 6.45) is -29.9. The number of phenols is 31. The second kappa shape index (κ2) is 34.8. The molecule has 2 fully saturated rings. The van der Waals surface area contributed by atoms with Crippen LogP contribution in [0.4, 0.5) is 0 Å². The lowest BCUT2D eigenvalue weighted by Crippen LogP contribution is -2.63. The van der Waals surface area contributed by atoms with Gasteiger partial charge in [0.1, 0.15) is 36.5 Å². The van der Waals surface area contributed by atoms with Gasteiger partial charge < -0.3 is 230 Å². The van der Waals surface area contributed by atoms with Crippen molar-refractivity contribution in [2.75, 3.05) is 13.2 Å². The number of esters is 10. The van der Waals surface area contributed by atoms with E-state index in [-0.39, 0.29) is 48.5 Å². The van der Waals surface area contributed by atoms with E-state index in [1.54, 1.807) is 0 Å². The molecule has 0 bridgehead atoms. The van der Waals surface area contributed by atoms with Gasteiger partial charge in [0.25, 0.3) is 0 Å². The number of carboxylic acid groups (broad SMARTS) is 1. The zero-order valence-electron chi connectivity index (χ0n) is 71.1. The molecule has 32 N–H and O–H groups in total. The first-order chi connectivity index (χ1) is 68.7. The Hall–Kier alpha value is -21.1. The lowest BCUT2D eigenvalue weighted by atomic mass is 9.90. The molecule has 0 spiro atoms. The van der Waals surface area contributed by atoms with Crippen LogP contribution < -0.4 is 9.47 Å². The first kappa shape index (κ1) is 96.6. The Bertz CT molecular complexity index is 7720. The third-order valence-corrected chi connectivity index (χ3v) is 23.2. The summed E-state index contributed by atoms with van der Waals surface area (Å²) < 4.78 is 80.8. The molecule has 0 aromatic heterocycles. The highest BCUT2D eigenvalue weighted by molar-refractivity contribution is 6.15. The molecule has 6 heterocycles. The molecule has 6 aliphatic heterocycles. The van der Waals surface area contributed by atoms with Crippen molar-refractivity contribution in [1.82, 2.24) is 0 Å². The number of ether oxygens (including phenoxy) is 14. The molecule has 57 heteroatoms. The fourth-order valence-corrected chi connectivity index (χ4v) is 16.3. The molecule has 146 heavy (non-hydrogen) atoms. The number of rotatable bonds is 9. The van der Waals surface area contributed by atoms with Crippen LogP contribution in [-0.4, -0.2) is 304 Å². The topological polar surface area (TPSA) is 964 Å². The molecule has 0 radical (unpaired) electrons. The molecule has 2 saturated heterocycles. The number of cyclic esters (lactones) is 2. The van der Waals surface area contributed by atoms with Crippen molar-refractivity contribution in [1.29, 1.82) is 0 Å². The van der Waals surface area contributed by atoms with Crippen molar-refractivity contribution in [2.24, 2.45) is 0 Å². The fourth-order valence-electron chi connectivity index (χ4n) is 16.3. The number of benzene rings is 11. The molecule has 57 nitrogen and oxygen atoms in total. The molecule has 0 saturated carbocycles. The van der Waals surface area contributed by atoms with Gasteiger partial charge in [0, 0.05) is 33.4 Å². The van der Waals surface area contributed by atoms with E-state index in [0.717, 1.165) is 0 Å². The van der Waals surface area contributed by atoms with Gasteiger partial charge in [-0.1, -0.05) is 0 Å². The molecule has 0 amide bonds. The van der Waals surface area contributed by atoms with E-state index in [1.165, 1.54) is 0 Å². The minimum Gasteiger partial charge on any atom is -0.504 e. The molecule has 0 aliphatic carbocycles.